The quantitative estimate of drug-likeness (QED) is 0.628. The maximum absolute atomic E-state index is 13.2. The van der Waals surface area contributed by atoms with Crippen molar-refractivity contribution in [2.75, 3.05) is 37.6 Å². The summed E-state index contributed by atoms with van der Waals surface area (Å²) >= 11 is 0. The number of hydrogen-bond donors (Lipinski definition) is 1. The van der Waals surface area contributed by atoms with Crippen LogP contribution in [-0.4, -0.2) is 51.5 Å². The van der Waals surface area contributed by atoms with Crippen LogP contribution in [0.1, 0.15) is 44.1 Å². The SMILES string of the molecule is O=S(=O)(c1ccc(N2CCCCC2)cc1)N1CCCC(NCCCc2ccccc2)C1. The summed E-state index contributed by atoms with van der Waals surface area (Å²) in [5.41, 5.74) is 2.49. The van der Waals surface area contributed by atoms with Gasteiger partial charge in [0.2, 0.25) is 10.0 Å². The number of piperidine rings is 2. The molecule has 31 heavy (non-hydrogen) atoms. The van der Waals surface area contributed by atoms with Crippen LogP contribution in [0.25, 0.3) is 0 Å². The lowest BCUT2D eigenvalue weighted by molar-refractivity contribution is 0.283. The Morgan fingerprint density at radius 1 is 0.871 bits per heavy atom. The van der Waals surface area contributed by atoms with Gasteiger partial charge < -0.3 is 10.2 Å². The smallest absolute Gasteiger partial charge is 0.243 e. The molecule has 0 bridgehead atoms. The first-order valence-corrected chi connectivity index (χ1v) is 13.2. The summed E-state index contributed by atoms with van der Waals surface area (Å²) in [4.78, 5) is 2.77. The largest absolute Gasteiger partial charge is 0.372 e. The Kier molecular flexibility index (Phi) is 7.64. The summed E-state index contributed by atoms with van der Waals surface area (Å²) in [5, 5.41) is 3.58. The van der Waals surface area contributed by atoms with E-state index >= 15 is 0 Å². The molecule has 2 heterocycles. The van der Waals surface area contributed by atoms with Gasteiger partial charge in [-0.15, -0.1) is 0 Å². The molecule has 2 aromatic rings. The topological polar surface area (TPSA) is 52.7 Å². The zero-order chi connectivity index (χ0) is 21.5. The van der Waals surface area contributed by atoms with Crippen LogP contribution in [0.5, 0.6) is 0 Å². The molecule has 2 aliphatic heterocycles. The maximum atomic E-state index is 13.2. The van der Waals surface area contributed by atoms with Crippen molar-refractivity contribution >= 4 is 15.7 Å². The molecule has 0 saturated carbocycles. The molecular weight excluding hydrogens is 406 g/mol. The predicted molar refractivity (Wildman–Crippen MR) is 127 cm³/mol. The first-order chi connectivity index (χ1) is 15.1. The lowest BCUT2D eigenvalue weighted by Crippen LogP contribution is -2.48. The standard InChI is InChI=1S/C25H35N3O2S/c29-31(30,25-15-13-24(14-16-25)27-18-5-2-6-19-27)28-20-8-12-23(21-28)26-17-7-11-22-9-3-1-4-10-22/h1,3-4,9-10,13-16,23,26H,2,5-8,11-12,17-21H2. The number of hydrogen-bond acceptors (Lipinski definition) is 4. The molecule has 4 rings (SSSR count). The van der Waals surface area contributed by atoms with Gasteiger partial charge in [0.05, 0.1) is 4.90 Å². The number of sulfonamides is 1. The predicted octanol–water partition coefficient (Wildman–Crippen LogP) is 4.05. The second-order valence-electron chi connectivity index (χ2n) is 8.79. The second-order valence-corrected chi connectivity index (χ2v) is 10.7. The maximum Gasteiger partial charge on any atom is 0.243 e. The molecule has 1 unspecified atom stereocenters. The normalized spacial score (nSPS) is 20.6. The van der Waals surface area contributed by atoms with E-state index in [2.05, 4.69) is 34.5 Å². The highest BCUT2D eigenvalue weighted by Gasteiger charge is 2.30. The summed E-state index contributed by atoms with van der Waals surface area (Å²) in [7, 11) is -3.44. The zero-order valence-corrected chi connectivity index (χ0v) is 19.2. The third-order valence-electron chi connectivity index (χ3n) is 6.50. The Bertz CT molecular complexity index is 910. The van der Waals surface area contributed by atoms with Crippen LogP contribution < -0.4 is 10.2 Å². The third-order valence-corrected chi connectivity index (χ3v) is 8.38. The van der Waals surface area contributed by atoms with Crippen molar-refractivity contribution in [1.82, 2.24) is 9.62 Å². The van der Waals surface area contributed by atoms with Crippen LogP contribution >= 0.6 is 0 Å². The van der Waals surface area contributed by atoms with Crippen molar-refractivity contribution in [2.45, 2.75) is 55.9 Å². The van der Waals surface area contributed by atoms with Crippen molar-refractivity contribution < 1.29 is 8.42 Å². The van der Waals surface area contributed by atoms with Gasteiger partial charge in [-0.25, -0.2) is 8.42 Å². The molecule has 1 N–H and O–H groups in total. The molecule has 0 aliphatic carbocycles. The molecule has 2 aromatic carbocycles. The highest BCUT2D eigenvalue weighted by molar-refractivity contribution is 7.89. The average molecular weight is 442 g/mol. The van der Waals surface area contributed by atoms with Gasteiger partial charge in [0.25, 0.3) is 0 Å². The number of anilines is 1. The van der Waals surface area contributed by atoms with E-state index in [1.165, 1.54) is 24.8 Å². The van der Waals surface area contributed by atoms with Crippen LogP contribution in [0.2, 0.25) is 0 Å². The number of nitrogens with zero attached hydrogens (tertiary/aromatic N) is 2. The van der Waals surface area contributed by atoms with Gasteiger partial charge in [-0.3, -0.25) is 0 Å². The van der Waals surface area contributed by atoms with Crippen molar-refractivity contribution in [3.05, 3.63) is 60.2 Å². The Hall–Kier alpha value is -1.89. The van der Waals surface area contributed by atoms with Gasteiger partial charge >= 0.3 is 0 Å². The first-order valence-electron chi connectivity index (χ1n) is 11.8. The van der Waals surface area contributed by atoms with Crippen molar-refractivity contribution in [2.24, 2.45) is 0 Å². The highest BCUT2D eigenvalue weighted by Crippen LogP contribution is 2.25. The molecule has 0 aromatic heterocycles. The Labute approximate surface area is 187 Å². The van der Waals surface area contributed by atoms with Gasteiger partial charge in [-0.1, -0.05) is 30.3 Å². The highest BCUT2D eigenvalue weighted by atomic mass is 32.2. The van der Waals surface area contributed by atoms with E-state index in [9.17, 15) is 8.42 Å². The van der Waals surface area contributed by atoms with E-state index in [-0.39, 0.29) is 6.04 Å². The molecule has 0 radical (unpaired) electrons. The molecule has 0 spiro atoms. The van der Waals surface area contributed by atoms with Gasteiger partial charge in [0, 0.05) is 37.9 Å². The fourth-order valence-electron chi connectivity index (χ4n) is 4.70. The summed E-state index contributed by atoms with van der Waals surface area (Å²) in [6.07, 6.45) is 7.77. The molecule has 2 fully saturated rings. The molecular formula is C25H35N3O2S. The molecule has 6 heteroatoms. The zero-order valence-electron chi connectivity index (χ0n) is 18.4. The van der Waals surface area contributed by atoms with E-state index in [4.69, 9.17) is 0 Å². The molecule has 0 amide bonds. The Morgan fingerprint density at radius 3 is 2.35 bits per heavy atom. The Morgan fingerprint density at radius 2 is 1.61 bits per heavy atom. The molecule has 168 valence electrons. The van der Waals surface area contributed by atoms with Crippen molar-refractivity contribution in [3.63, 3.8) is 0 Å². The molecule has 2 aliphatic rings. The monoisotopic (exact) mass is 441 g/mol. The van der Waals surface area contributed by atoms with Crippen LogP contribution in [-0.2, 0) is 16.4 Å². The van der Waals surface area contributed by atoms with Gasteiger partial charge in [-0.05, 0) is 81.3 Å². The number of rotatable bonds is 8. The van der Waals surface area contributed by atoms with Crippen LogP contribution in [0, 0.1) is 0 Å². The van der Waals surface area contributed by atoms with Crippen LogP contribution in [0.4, 0.5) is 5.69 Å². The lowest BCUT2D eigenvalue weighted by Gasteiger charge is -2.33. The van der Waals surface area contributed by atoms with E-state index < -0.39 is 10.0 Å². The molecule has 5 nitrogen and oxygen atoms in total. The van der Waals surface area contributed by atoms with E-state index in [1.807, 2.05) is 18.2 Å². The molecule has 2 saturated heterocycles. The summed E-state index contributed by atoms with van der Waals surface area (Å²) in [6.45, 7) is 4.21. The lowest BCUT2D eigenvalue weighted by atomic mass is 10.1. The molecule has 1 atom stereocenters. The van der Waals surface area contributed by atoms with E-state index in [0.717, 1.165) is 51.0 Å². The number of aryl methyl sites for hydroxylation is 1. The van der Waals surface area contributed by atoms with Crippen LogP contribution in [0.15, 0.2) is 59.5 Å². The van der Waals surface area contributed by atoms with Gasteiger partial charge in [-0.2, -0.15) is 4.31 Å². The van der Waals surface area contributed by atoms with Crippen molar-refractivity contribution in [3.8, 4) is 0 Å². The van der Waals surface area contributed by atoms with Crippen LogP contribution in [0.3, 0.4) is 0 Å². The fraction of sp³-hybridized carbons (Fsp3) is 0.520. The minimum Gasteiger partial charge on any atom is -0.372 e. The summed E-state index contributed by atoms with van der Waals surface area (Å²) < 4.78 is 28.1. The third kappa shape index (κ3) is 5.88. The minimum atomic E-state index is -3.44. The summed E-state index contributed by atoms with van der Waals surface area (Å²) in [5.74, 6) is 0. The first kappa shape index (κ1) is 22.3. The van der Waals surface area contributed by atoms with Gasteiger partial charge in [0.1, 0.15) is 0 Å². The second kappa shape index (κ2) is 10.6. The number of benzene rings is 2. The minimum absolute atomic E-state index is 0.229. The fourth-order valence-corrected chi connectivity index (χ4v) is 6.22. The van der Waals surface area contributed by atoms with Crippen molar-refractivity contribution in [1.29, 1.82) is 0 Å². The average Bonchev–Trinajstić information content (AvgIpc) is 2.83. The van der Waals surface area contributed by atoms with E-state index in [0.29, 0.717) is 18.0 Å². The van der Waals surface area contributed by atoms with Gasteiger partial charge in [0.15, 0.2) is 0 Å². The van der Waals surface area contributed by atoms with E-state index in [1.54, 1.807) is 16.4 Å². The Balaban J connectivity index is 1.30. The number of nitrogens with one attached hydrogen (secondary N) is 1. The summed E-state index contributed by atoms with van der Waals surface area (Å²) in [6, 6.07) is 18.3.